The fourth-order valence-corrected chi connectivity index (χ4v) is 12.7. The van der Waals surface area contributed by atoms with Crippen LogP contribution in [0.1, 0.15) is 47.9 Å². The predicted molar refractivity (Wildman–Crippen MR) is 233 cm³/mol. The minimum Gasteiger partial charge on any atom is -0.403 e. The molecule has 1 N–H and O–H groups in total. The zero-order chi connectivity index (χ0) is 41.0. The molecule has 1 aliphatic heterocycles. The first-order valence-corrected chi connectivity index (χ1v) is 23.3. The fourth-order valence-electron chi connectivity index (χ4n) is 9.96. The maximum atomic E-state index is 15.6. The van der Waals surface area contributed by atoms with Gasteiger partial charge in [0.05, 0.1) is 0 Å². The van der Waals surface area contributed by atoms with E-state index in [1.165, 1.54) is 4.49 Å². The Labute approximate surface area is 344 Å². The summed E-state index contributed by atoms with van der Waals surface area (Å²) >= 11 is 0. The van der Waals surface area contributed by atoms with Gasteiger partial charge in [-0.2, -0.15) is 13.2 Å². The van der Waals surface area contributed by atoms with Crippen LogP contribution in [-0.4, -0.2) is 13.9 Å². The van der Waals surface area contributed by atoms with Crippen LogP contribution in [0.2, 0.25) is 0 Å². The van der Waals surface area contributed by atoms with Crippen molar-refractivity contribution in [3.05, 3.63) is 144 Å². The van der Waals surface area contributed by atoms with Crippen molar-refractivity contribution in [2.45, 2.75) is 56.9 Å². The monoisotopic (exact) mass is 839 g/mol. The molecule has 0 amide bonds. The molecule has 0 atom stereocenters. The number of benzene rings is 8. The molecule has 0 saturated heterocycles. The van der Waals surface area contributed by atoms with Gasteiger partial charge in [0, 0.05) is 33.4 Å². The third-order valence-corrected chi connectivity index (χ3v) is 15.8. The van der Waals surface area contributed by atoms with Crippen molar-refractivity contribution in [3.8, 4) is 44.9 Å². The summed E-state index contributed by atoms with van der Waals surface area (Å²) in [4.78, 5) is 0. The quantitative estimate of drug-likeness (QED) is 0.141. The maximum Gasteiger partial charge on any atom is 0.526 e. The van der Waals surface area contributed by atoms with Gasteiger partial charge in [-0.25, -0.2) is 13.0 Å². The number of halogens is 3. The first-order chi connectivity index (χ1) is 29.0. The molecule has 11 heteroatoms. The van der Waals surface area contributed by atoms with Crippen LogP contribution >= 0.6 is 7.75 Å². The largest absolute Gasteiger partial charge is 0.526 e. The molecule has 8 aromatic rings. The van der Waals surface area contributed by atoms with Crippen LogP contribution in [-0.2, 0) is 40.3 Å². The Morgan fingerprint density at radius 1 is 0.500 bits per heavy atom. The van der Waals surface area contributed by atoms with Crippen LogP contribution in [0, 0.1) is 0 Å². The van der Waals surface area contributed by atoms with Crippen LogP contribution in [0.3, 0.4) is 0 Å². The average Bonchev–Trinajstić information content (AvgIpc) is 3.38. The van der Waals surface area contributed by atoms with Gasteiger partial charge in [0.15, 0.2) is 0 Å². The molecule has 8 aromatic carbocycles. The molecule has 2 aliphatic carbocycles. The summed E-state index contributed by atoms with van der Waals surface area (Å²) in [5.74, 6) is 0.0774. The standard InChI is InChI=1S/C49H37F3NO5PS/c50-49(51,52)60(55,56)53-59(54)57-47-41(43-35-19-7-1-13-29(35)25-30-14-2-8-20-36(30)43)27-33-17-5-11-23-39(33)45(47)46-40-24-12-6-18-34(40)28-42(48(46)58-59)44-37-21-9-3-15-31(37)26-32-16-4-10-22-38(32)44/h1-4,7-10,13-16,19-22,25-28H,5-6,11-12,17-18,23-24H2,(H,53,54). The molecule has 0 fully saturated rings. The van der Waals surface area contributed by atoms with Gasteiger partial charge < -0.3 is 9.05 Å². The molecule has 300 valence electrons. The van der Waals surface area contributed by atoms with Gasteiger partial charge in [-0.15, -0.1) is 0 Å². The fraction of sp³-hybridized carbons (Fsp3) is 0.184. The number of hydrogen-bond acceptors (Lipinski definition) is 5. The summed E-state index contributed by atoms with van der Waals surface area (Å²) in [5, 5.41) is 7.10. The third kappa shape index (κ3) is 5.86. The van der Waals surface area contributed by atoms with Crippen LogP contribution in [0.25, 0.3) is 76.5 Å². The highest BCUT2D eigenvalue weighted by molar-refractivity contribution is 7.95. The van der Waals surface area contributed by atoms with Crippen LogP contribution in [0.4, 0.5) is 13.2 Å². The average molecular weight is 840 g/mol. The summed E-state index contributed by atoms with van der Waals surface area (Å²) in [6, 6.07) is 39.7. The first-order valence-electron chi connectivity index (χ1n) is 20.3. The zero-order valence-electron chi connectivity index (χ0n) is 32.2. The Hall–Kier alpha value is -5.67. The third-order valence-electron chi connectivity index (χ3n) is 12.5. The van der Waals surface area contributed by atoms with Crippen molar-refractivity contribution in [3.63, 3.8) is 0 Å². The number of aryl methyl sites for hydroxylation is 2. The van der Waals surface area contributed by atoms with Crippen LogP contribution in [0.5, 0.6) is 11.5 Å². The summed E-state index contributed by atoms with van der Waals surface area (Å²) in [7, 11) is -11.8. The van der Waals surface area contributed by atoms with Gasteiger partial charge >= 0.3 is 23.3 Å². The minimum absolute atomic E-state index is 0.0387. The van der Waals surface area contributed by atoms with Crippen molar-refractivity contribution >= 4 is 60.9 Å². The second-order valence-electron chi connectivity index (χ2n) is 16.1. The van der Waals surface area contributed by atoms with E-state index < -0.39 is 23.3 Å². The molecule has 0 radical (unpaired) electrons. The molecular weight excluding hydrogens is 803 g/mol. The highest BCUT2D eigenvalue weighted by Gasteiger charge is 2.53. The lowest BCUT2D eigenvalue weighted by atomic mass is 9.76. The van der Waals surface area contributed by atoms with E-state index in [-0.39, 0.29) is 11.5 Å². The van der Waals surface area contributed by atoms with E-state index in [1.54, 1.807) is 0 Å². The molecule has 0 spiro atoms. The Kier molecular flexibility index (Phi) is 8.51. The summed E-state index contributed by atoms with van der Waals surface area (Å²) in [5.41, 5.74) is 1.87. The normalized spacial score (nSPS) is 16.1. The van der Waals surface area contributed by atoms with Crippen molar-refractivity contribution in [1.29, 1.82) is 0 Å². The number of rotatable bonds is 4. The van der Waals surface area contributed by atoms with Gasteiger partial charge in [-0.05, 0) is 141 Å². The summed E-state index contributed by atoms with van der Waals surface area (Å²) in [6.07, 6.45) is 6.29. The molecule has 60 heavy (non-hydrogen) atoms. The SMILES string of the molecule is O=P1(NS(=O)(=O)C(F)(F)F)Oc2c(-c3c4ccccc4cc4ccccc34)cc3c(c2-c2c4c(cc(-c5c6ccccc6cc6ccccc56)c2O1)CCCC4)CCCC3. The molecule has 6 nitrogen and oxygen atoms in total. The van der Waals surface area contributed by atoms with E-state index in [2.05, 4.69) is 12.1 Å². The zero-order valence-corrected chi connectivity index (χ0v) is 33.9. The highest BCUT2D eigenvalue weighted by Crippen LogP contribution is 2.63. The van der Waals surface area contributed by atoms with Crippen molar-refractivity contribution < 1.29 is 35.2 Å². The Morgan fingerprint density at radius 3 is 1.22 bits per heavy atom. The number of fused-ring (bicyclic) bond motifs is 11. The molecular formula is C49H37F3NO5PS. The number of sulfonamides is 1. The molecule has 1 heterocycles. The predicted octanol–water partition coefficient (Wildman–Crippen LogP) is 13.4. The minimum atomic E-state index is -6.27. The van der Waals surface area contributed by atoms with Crippen LogP contribution in [0.15, 0.2) is 121 Å². The van der Waals surface area contributed by atoms with E-state index >= 15 is 4.57 Å². The van der Waals surface area contributed by atoms with Gasteiger partial charge in [0.1, 0.15) is 11.5 Å². The van der Waals surface area contributed by atoms with Crippen LogP contribution < -0.4 is 13.5 Å². The molecule has 11 rings (SSSR count). The lowest BCUT2D eigenvalue weighted by Crippen LogP contribution is -2.36. The summed E-state index contributed by atoms with van der Waals surface area (Å²) < 4.78 is 99.6. The first kappa shape index (κ1) is 37.3. The Balaban J connectivity index is 1.35. The maximum absolute atomic E-state index is 15.6. The number of nitrogens with one attached hydrogen (secondary N) is 1. The molecule has 0 unspecified atom stereocenters. The van der Waals surface area contributed by atoms with Crippen molar-refractivity contribution in [1.82, 2.24) is 4.49 Å². The second kappa shape index (κ2) is 13.7. The lowest BCUT2D eigenvalue weighted by Gasteiger charge is -2.28. The van der Waals surface area contributed by atoms with E-state index in [1.807, 2.05) is 109 Å². The molecule has 0 bridgehead atoms. The second-order valence-corrected chi connectivity index (χ2v) is 19.6. The number of hydrogen-bond donors (Lipinski definition) is 1. The molecule has 0 saturated carbocycles. The van der Waals surface area contributed by atoms with E-state index in [0.717, 1.165) is 115 Å². The van der Waals surface area contributed by atoms with Gasteiger partial charge in [0.25, 0.3) is 0 Å². The smallest absolute Gasteiger partial charge is 0.403 e. The van der Waals surface area contributed by atoms with Crippen molar-refractivity contribution in [2.24, 2.45) is 0 Å². The highest BCUT2D eigenvalue weighted by atomic mass is 32.2. The van der Waals surface area contributed by atoms with E-state index in [9.17, 15) is 21.6 Å². The Bertz CT molecular complexity index is 3010. The summed E-state index contributed by atoms with van der Waals surface area (Å²) in [6.45, 7) is 0. The number of alkyl halides is 3. The molecule has 0 aromatic heterocycles. The van der Waals surface area contributed by atoms with Gasteiger partial charge in [-0.1, -0.05) is 102 Å². The molecule has 3 aliphatic rings. The van der Waals surface area contributed by atoms with Gasteiger partial charge in [0.2, 0.25) is 0 Å². The lowest BCUT2D eigenvalue weighted by molar-refractivity contribution is -0.0443. The topological polar surface area (TPSA) is 81.7 Å². The van der Waals surface area contributed by atoms with Gasteiger partial charge in [-0.3, -0.25) is 0 Å². The van der Waals surface area contributed by atoms with E-state index in [0.29, 0.717) is 35.1 Å². The van der Waals surface area contributed by atoms with E-state index in [4.69, 9.17) is 9.05 Å². The van der Waals surface area contributed by atoms with Crippen molar-refractivity contribution in [2.75, 3.05) is 0 Å². The Morgan fingerprint density at radius 2 is 0.850 bits per heavy atom.